The Hall–Kier alpha value is -3.35. The number of aryl methyl sites for hydroxylation is 1. The molecule has 0 saturated heterocycles. The minimum atomic E-state index is -0.516. The first kappa shape index (κ1) is 16.5. The van der Waals surface area contributed by atoms with Crippen molar-refractivity contribution in [1.29, 1.82) is 0 Å². The number of hydrogen-bond acceptors (Lipinski definition) is 4. The minimum absolute atomic E-state index is 0.303. The summed E-state index contributed by atoms with van der Waals surface area (Å²) in [5, 5.41) is 13.1. The van der Waals surface area contributed by atoms with Crippen LogP contribution >= 0.6 is 0 Å². The van der Waals surface area contributed by atoms with Gasteiger partial charge in [-0.25, -0.2) is 4.79 Å². The topological polar surface area (TPSA) is 96.1 Å². The van der Waals surface area contributed by atoms with E-state index in [0.717, 1.165) is 16.5 Å². The molecule has 0 fully saturated rings. The number of amides is 2. The number of anilines is 2. The smallest absolute Gasteiger partial charge is 0.411 e. The van der Waals surface area contributed by atoms with E-state index in [2.05, 4.69) is 20.8 Å². The molecule has 0 aliphatic carbocycles. The molecule has 2 aromatic carbocycles. The summed E-state index contributed by atoms with van der Waals surface area (Å²) < 4.78 is 4.81. The van der Waals surface area contributed by atoms with Crippen LogP contribution in [0.25, 0.3) is 10.9 Å². The molecule has 128 valence electrons. The fraction of sp³-hybridized carbons (Fsp3) is 0.167. The zero-order valence-corrected chi connectivity index (χ0v) is 13.9. The number of benzene rings is 2. The fourth-order valence-corrected chi connectivity index (χ4v) is 2.41. The van der Waals surface area contributed by atoms with Crippen LogP contribution in [-0.2, 0) is 4.74 Å². The number of ether oxygens (including phenoxy) is 1. The van der Waals surface area contributed by atoms with E-state index in [1.807, 2.05) is 25.1 Å². The zero-order chi connectivity index (χ0) is 17.8. The zero-order valence-electron chi connectivity index (χ0n) is 13.9. The molecule has 3 aromatic rings. The van der Waals surface area contributed by atoms with Crippen molar-refractivity contribution in [2.24, 2.45) is 0 Å². The third-order valence-electron chi connectivity index (χ3n) is 3.60. The molecule has 7 nitrogen and oxygen atoms in total. The first-order valence-electron chi connectivity index (χ1n) is 7.86. The standard InChI is InChI=1S/C18H18N4O3/c1-3-25-18(24)20-13-7-5-12(6-8-13)19-17(23)16-14-10-11(2)4-9-15(14)21-22-16/h4-10H,3H2,1-2H3,(H,19,23)(H,20,24)(H,21,22). The van der Waals surface area contributed by atoms with Crippen molar-refractivity contribution in [3.63, 3.8) is 0 Å². The van der Waals surface area contributed by atoms with Crippen LogP contribution in [0.4, 0.5) is 16.2 Å². The van der Waals surface area contributed by atoms with E-state index in [1.54, 1.807) is 31.2 Å². The van der Waals surface area contributed by atoms with Crippen molar-refractivity contribution in [2.75, 3.05) is 17.2 Å². The van der Waals surface area contributed by atoms with E-state index in [4.69, 9.17) is 4.74 Å². The average Bonchev–Trinajstić information content (AvgIpc) is 3.00. The molecule has 2 amide bonds. The van der Waals surface area contributed by atoms with Gasteiger partial charge in [0.1, 0.15) is 0 Å². The second kappa shape index (κ2) is 7.04. The maximum Gasteiger partial charge on any atom is 0.411 e. The van der Waals surface area contributed by atoms with E-state index < -0.39 is 6.09 Å². The van der Waals surface area contributed by atoms with Gasteiger partial charge >= 0.3 is 6.09 Å². The Morgan fingerprint density at radius 1 is 1.08 bits per heavy atom. The maximum atomic E-state index is 12.5. The second-order valence-electron chi connectivity index (χ2n) is 5.50. The minimum Gasteiger partial charge on any atom is -0.450 e. The lowest BCUT2D eigenvalue weighted by molar-refractivity contribution is 0.102. The maximum absolute atomic E-state index is 12.5. The lowest BCUT2D eigenvalue weighted by atomic mass is 10.1. The Morgan fingerprint density at radius 2 is 1.76 bits per heavy atom. The van der Waals surface area contributed by atoms with Gasteiger partial charge in [0.15, 0.2) is 5.69 Å². The number of H-pyrrole nitrogens is 1. The molecule has 3 rings (SSSR count). The van der Waals surface area contributed by atoms with Gasteiger partial charge in [-0.1, -0.05) is 11.6 Å². The summed E-state index contributed by atoms with van der Waals surface area (Å²) >= 11 is 0. The SMILES string of the molecule is CCOC(=O)Nc1ccc(NC(=O)c2n[nH]c3ccc(C)cc23)cc1. The van der Waals surface area contributed by atoms with Crippen LogP contribution in [0.2, 0.25) is 0 Å². The molecule has 1 heterocycles. The predicted octanol–water partition coefficient (Wildman–Crippen LogP) is 3.69. The van der Waals surface area contributed by atoms with E-state index in [1.165, 1.54) is 0 Å². The van der Waals surface area contributed by atoms with Gasteiger partial charge in [-0.2, -0.15) is 5.10 Å². The lowest BCUT2D eigenvalue weighted by Gasteiger charge is -2.07. The van der Waals surface area contributed by atoms with E-state index in [-0.39, 0.29) is 5.91 Å². The highest BCUT2D eigenvalue weighted by Gasteiger charge is 2.14. The molecule has 0 radical (unpaired) electrons. The Balaban J connectivity index is 1.72. The third kappa shape index (κ3) is 3.77. The van der Waals surface area contributed by atoms with Crippen molar-refractivity contribution in [3.8, 4) is 0 Å². The van der Waals surface area contributed by atoms with Crippen molar-refractivity contribution in [2.45, 2.75) is 13.8 Å². The van der Waals surface area contributed by atoms with Gasteiger partial charge in [-0.3, -0.25) is 15.2 Å². The van der Waals surface area contributed by atoms with Gasteiger partial charge in [0.2, 0.25) is 0 Å². The Kier molecular flexibility index (Phi) is 4.65. The highest BCUT2D eigenvalue weighted by molar-refractivity contribution is 6.11. The highest BCUT2D eigenvalue weighted by Crippen LogP contribution is 2.20. The van der Waals surface area contributed by atoms with E-state index in [0.29, 0.717) is 23.7 Å². The average molecular weight is 338 g/mol. The molecule has 0 saturated carbocycles. The number of hydrogen-bond donors (Lipinski definition) is 3. The molecule has 0 atom stereocenters. The monoisotopic (exact) mass is 338 g/mol. The molecule has 3 N–H and O–H groups in total. The van der Waals surface area contributed by atoms with Gasteiger partial charge in [0.25, 0.3) is 5.91 Å². The summed E-state index contributed by atoms with van der Waals surface area (Å²) in [6, 6.07) is 12.5. The summed E-state index contributed by atoms with van der Waals surface area (Å²) in [5.74, 6) is -0.303. The number of aromatic amines is 1. The highest BCUT2D eigenvalue weighted by atomic mass is 16.5. The van der Waals surface area contributed by atoms with Crippen LogP contribution in [0.1, 0.15) is 23.0 Å². The number of nitrogens with zero attached hydrogens (tertiary/aromatic N) is 1. The second-order valence-corrected chi connectivity index (χ2v) is 5.50. The number of fused-ring (bicyclic) bond motifs is 1. The predicted molar refractivity (Wildman–Crippen MR) is 95.9 cm³/mol. The largest absolute Gasteiger partial charge is 0.450 e. The normalized spacial score (nSPS) is 10.5. The summed E-state index contributed by atoms with van der Waals surface area (Å²) in [5.41, 5.74) is 3.38. The van der Waals surface area contributed by atoms with Gasteiger partial charge < -0.3 is 10.1 Å². The number of nitrogens with one attached hydrogen (secondary N) is 3. The molecule has 7 heteroatoms. The lowest BCUT2D eigenvalue weighted by Crippen LogP contribution is -2.14. The molecule has 0 bridgehead atoms. The summed E-state index contributed by atoms with van der Waals surface area (Å²) in [4.78, 5) is 23.8. The molecule has 0 spiro atoms. The van der Waals surface area contributed by atoms with Crippen LogP contribution in [0.5, 0.6) is 0 Å². The molecular formula is C18H18N4O3. The fourth-order valence-electron chi connectivity index (χ4n) is 2.41. The van der Waals surface area contributed by atoms with Crippen molar-refractivity contribution in [1.82, 2.24) is 10.2 Å². The van der Waals surface area contributed by atoms with E-state index in [9.17, 15) is 9.59 Å². The number of aromatic nitrogens is 2. The molecule has 0 unspecified atom stereocenters. The quantitative estimate of drug-likeness (QED) is 0.676. The van der Waals surface area contributed by atoms with Crippen molar-refractivity contribution >= 4 is 34.3 Å². The van der Waals surface area contributed by atoms with Crippen LogP contribution in [0.3, 0.4) is 0 Å². The Labute approximate surface area is 144 Å². The van der Waals surface area contributed by atoms with Gasteiger partial charge in [-0.05, 0) is 50.2 Å². The van der Waals surface area contributed by atoms with Crippen LogP contribution in [0.15, 0.2) is 42.5 Å². The first-order valence-corrected chi connectivity index (χ1v) is 7.86. The molecule has 25 heavy (non-hydrogen) atoms. The number of carbonyl (C=O) groups excluding carboxylic acids is 2. The summed E-state index contributed by atoms with van der Waals surface area (Å²) in [6.45, 7) is 4.00. The van der Waals surface area contributed by atoms with E-state index >= 15 is 0 Å². The Bertz CT molecular complexity index is 916. The van der Waals surface area contributed by atoms with Gasteiger partial charge in [0.05, 0.1) is 12.1 Å². The molecule has 0 aliphatic heterocycles. The molecular weight excluding hydrogens is 320 g/mol. The summed E-state index contributed by atoms with van der Waals surface area (Å²) in [6.07, 6.45) is -0.516. The van der Waals surface area contributed by atoms with Gasteiger partial charge in [-0.15, -0.1) is 0 Å². The summed E-state index contributed by atoms with van der Waals surface area (Å²) in [7, 11) is 0. The number of carbonyl (C=O) groups is 2. The van der Waals surface area contributed by atoms with Crippen LogP contribution < -0.4 is 10.6 Å². The van der Waals surface area contributed by atoms with Crippen molar-refractivity contribution in [3.05, 3.63) is 53.7 Å². The number of rotatable bonds is 4. The van der Waals surface area contributed by atoms with Crippen molar-refractivity contribution < 1.29 is 14.3 Å². The molecule has 0 aliphatic rings. The Morgan fingerprint density at radius 3 is 2.44 bits per heavy atom. The third-order valence-corrected chi connectivity index (χ3v) is 3.60. The van der Waals surface area contributed by atoms with Gasteiger partial charge in [0, 0.05) is 16.8 Å². The van der Waals surface area contributed by atoms with Crippen LogP contribution in [0, 0.1) is 6.92 Å². The first-order chi connectivity index (χ1) is 12.1. The van der Waals surface area contributed by atoms with Crippen LogP contribution in [-0.4, -0.2) is 28.8 Å². The molecule has 1 aromatic heterocycles.